The summed E-state index contributed by atoms with van der Waals surface area (Å²) in [4.78, 5) is 27.8. The second-order valence-corrected chi connectivity index (χ2v) is 23.7. The predicted molar refractivity (Wildman–Crippen MR) is 351 cm³/mol. The van der Waals surface area contributed by atoms with Crippen molar-refractivity contribution in [2.45, 2.75) is 0 Å². The van der Waals surface area contributed by atoms with Gasteiger partial charge in [0.05, 0.1) is 112 Å². The Labute approximate surface area is 525 Å². The Balaban J connectivity index is 0.000000114. The number of rotatable bonds is 6. The summed E-state index contributed by atoms with van der Waals surface area (Å²) in [7, 11) is 0. The first-order valence-corrected chi connectivity index (χ1v) is 30.6. The van der Waals surface area contributed by atoms with Gasteiger partial charge in [0.1, 0.15) is 0 Å². The van der Waals surface area contributed by atoms with E-state index in [1.807, 2.05) is 161 Å². The molecule has 0 amide bonds. The van der Waals surface area contributed by atoms with Gasteiger partial charge in [0.15, 0.2) is 28.4 Å². The normalized spacial score (nSPS) is 11.4. The molecule has 15 aromatic rings. The van der Waals surface area contributed by atoms with Crippen LogP contribution in [0.4, 0.5) is 0 Å². The van der Waals surface area contributed by atoms with Crippen molar-refractivity contribution in [1.82, 2.24) is 57.3 Å². The van der Waals surface area contributed by atoms with Crippen molar-refractivity contribution in [2.24, 2.45) is 0 Å². The molecule has 0 atom stereocenters. The van der Waals surface area contributed by atoms with Crippen LogP contribution in [0.1, 0.15) is 5.56 Å². The van der Waals surface area contributed by atoms with Crippen LogP contribution < -0.4 is 0 Å². The molecule has 0 fully saturated rings. The van der Waals surface area contributed by atoms with Gasteiger partial charge in [-0.15, -0.1) is 0 Å². The van der Waals surface area contributed by atoms with Gasteiger partial charge in [-0.3, -0.25) is 27.4 Å². The second-order valence-electron chi connectivity index (χ2n) is 18.2. The van der Waals surface area contributed by atoms with Crippen LogP contribution in [0.15, 0.2) is 235 Å². The SMILES string of the molecule is Brc1nc2ccccc2n1-c1ccc(I)cc1-n1c(Br)nc2ccccc21.Brc1nc2ccccc2n1-c1ccccc1-n1c(Br)nc2ccccc21.N#Cc1ccc(-n2c(Br)nc3ccccc32)c(-n2c(Br)nc3ccccc32)c1. The average Bonchev–Trinajstić information content (AvgIpc) is 4.47. The van der Waals surface area contributed by atoms with E-state index in [0.29, 0.717) is 15.0 Å². The second kappa shape index (κ2) is 22.3. The Hall–Kier alpha value is -7.10. The van der Waals surface area contributed by atoms with Crippen LogP contribution in [-0.2, 0) is 0 Å². The molecule has 0 radical (unpaired) electrons. The topological polar surface area (TPSA) is 131 Å². The molecule has 0 aliphatic heterocycles. The van der Waals surface area contributed by atoms with Crippen LogP contribution in [-0.4, -0.2) is 57.3 Å². The van der Waals surface area contributed by atoms with E-state index in [4.69, 9.17) is 0 Å². The quantitative estimate of drug-likeness (QED) is 0.152. The predicted octanol–water partition coefficient (Wildman–Crippen LogP) is 18.1. The van der Waals surface area contributed by atoms with Gasteiger partial charge in [-0.05, 0) is 239 Å². The molecular weight excluding hydrogens is 1520 g/mol. The van der Waals surface area contributed by atoms with E-state index in [1.54, 1.807) is 0 Å². The maximum absolute atomic E-state index is 9.47. The van der Waals surface area contributed by atoms with Gasteiger partial charge in [0, 0.05) is 3.57 Å². The van der Waals surface area contributed by atoms with Crippen molar-refractivity contribution in [3.63, 3.8) is 0 Å². The van der Waals surface area contributed by atoms with Crippen LogP contribution >= 0.6 is 118 Å². The highest BCUT2D eigenvalue weighted by Crippen LogP contribution is 2.37. The van der Waals surface area contributed by atoms with E-state index in [0.717, 1.165) is 123 Å². The van der Waals surface area contributed by atoms with Gasteiger partial charge in [0.25, 0.3) is 0 Å². The zero-order chi connectivity index (χ0) is 55.5. The molecule has 15 rings (SSSR count). The number of aromatic nitrogens is 12. The van der Waals surface area contributed by atoms with Crippen molar-refractivity contribution in [1.29, 1.82) is 5.26 Å². The molecule has 13 nitrogen and oxygen atoms in total. The lowest BCUT2D eigenvalue weighted by Crippen LogP contribution is -2.04. The molecule has 0 unspecified atom stereocenters. The molecule has 0 spiro atoms. The zero-order valence-electron chi connectivity index (χ0n) is 41.6. The molecule has 6 heterocycles. The average molecular weight is 1560 g/mol. The molecule has 392 valence electrons. The van der Waals surface area contributed by atoms with E-state index in [-0.39, 0.29) is 0 Å². The summed E-state index contributed by atoms with van der Waals surface area (Å²) in [5, 5.41) is 9.47. The first-order valence-electron chi connectivity index (χ1n) is 24.8. The summed E-state index contributed by atoms with van der Waals surface area (Å²) in [6.45, 7) is 0. The fourth-order valence-corrected chi connectivity index (χ4v) is 13.9. The molecule has 0 saturated carbocycles. The lowest BCUT2D eigenvalue weighted by Gasteiger charge is -2.15. The van der Waals surface area contributed by atoms with E-state index in [9.17, 15) is 5.26 Å². The first kappa shape index (κ1) is 53.2. The van der Waals surface area contributed by atoms with Crippen LogP contribution in [0, 0.1) is 14.9 Å². The van der Waals surface area contributed by atoms with Gasteiger partial charge in [-0.25, -0.2) is 29.9 Å². The highest BCUT2D eigenvalue weighted by Gasteiger charge is 2.22. The van der Waals surface area contributed by atoms with E-state index >= 15 is 0 Å². The Morgan fingerprint density at radius 2 is 0.519 bits per heavy atom. The molecule has 20 heteroatoms. The number of imidazole rings is 6. The summed E-state index contributed by atoms with van der Waals surface area (Å²) in [6.07, 6.45) is 0. The minimum absolute atomic E-state index is 0.573. The van der Waals surface area contributed by atoms with Crippen molar-refractivity contribution >= 4 is 184 Å². The third-order valence-corrected chi connectivity index (χ3v) is 17.4. The molecule has 9 aromatic carbocycles. The number of fused-ring (bicyclic) bond motifs is 6. The summed E-state index contributed by atoms with van der Waals surface area (Å²) >= 11 is 24.1. The standard InChI is InChI=1S/C21H11Br2N5.C20H11Br2IN4.C20H12Br2N4/c22-20-25-14-5-1-3-7-16(14)27(20)18-10-9-13(12-24)11-19(18)28-17-8-4-2-6-15(17)26-21(28)23;21-19-24-13-5-1-3-7-15(13)26(19)17-10-9-12(23)11-18(17)27-16-8-4-2-6-14(16)25-20(27)22;21-19-23-13-7-1-3-9-15(13)25(19)17-11-5-6-12-18(17)26-16-10-4-2-8-14(16)24-20(26)22/h1-11H;1-11H;1-12H. The summed E-state index contributed by atoms with van der Waals surface area (Å²) < 4.78 is 18.1. The third kappa shape index (κ3) is 9.75. The molecule has 0 aliphatic carbocycles. The van der Waals surface area contributed by atoms with E-state index < -0.39 is 0 Å². The number of nitriles is 1. The van der Waals surface area contributed by atoms with Gasteiger partial charge in [-0.2, -0.15) is 5.26 Å². The maximum Gasteiger partial charge on any atom is 0.182 e. The third-order valence-electron chi connectivity index (χ3n) is 13.5. The molecule has 0 saturated heterocycles. The Morgan fingerprint density at radius 3 is 0.815 bits per heavy atom. The van der Waals surface area contributed by atoms with Gasteiger partial charge in [0.2, 0.25) is 0 Å². The van der Waals surface area contributed by atoms with Crippen LogP contribution in [0.3, 0.4) is 0 Å². The maximum atomic E-state index is 9.47. The van der Waals surface area contributed by atoms with Gasteiger partial charge in [-0.1, -0.05) is 84.9 Å². The van der Waals surface area contributed by atoms with E-state index in [1.165, 1.54) is 0 Å². The molecular formula is C61H34Br6IN13. The van der Waals surface area contributed by atoms with Crippen molar-refractivity contribution in [2.75, 3.05) is 0 Å². The molecule has 81 heavy (non-hydrogen) atoms. The minimum Gasteiger partial charge on any atom is -0.285 e. The number of halogens is 7. The van der Waals surface area contributed by atoms with E-state index in [2.05, 4.69) is 227 Å². The van der Waals surface area contributed by atoms with Gasteiger partial charge < -0.3 is 0 Å². The number of hydrogen-bond donors (Lipinski definition) is 0. The van der Waals surface area contributed by atoms with Crippen LogP contribution in [0.25, 0.3) is 100 Å². The molecule has 0 N–H and O–H groups in total. The number of hydrogen-bond acceptors (Lipinski definition) is 7. The molecule has 6 aromatic heterocycles. The number of nitrogens with zero attached hydrogens (tertiary/aromatic N) is 13. The lowest BCUT2D eigenvalue weighted by molar-refractivity contribution is 0.978. The molecule has 0 bridgehead atoms. The summed E-state index contributed by atoms with van der Waals surface area (Å²) in [5.41, 5.74) is 18.1. The number of benzene rings is 9. The Bertz CT molecular complexity index is 4890. The Kier molecular flexibility index (Phi) is 14.7. The largest absolute Gasteiger partial charge is 0.285 e. The Morgan fingerprint density at radius 1 is 0.284 bits per heavy atom. The minimum atomic E-state index is 0.573. The van der Waals surface area contributed by atoms with Crippen molar-refractivity contribution in [3.05, 3.63) is 244 Å². The monoisotopic (exact) mass is 1550 g/mol. The highest BCUT2D eigenvalue weighted by molar-refractivity contribution is 14.1. The smallest absolute Gasteiger partial charge is 0.182 e. The zero-order valence-corrected chi connectivity index (χ0v) is 53.3. The van der Waals surface area contributed by atoms with Crippen molar-refractivity contribution in [3.8, 4) is 40.2 Å². The van der Waals surface area contributed by atoms with Crippen LogP contribution in [0.5, 0.6) is 0 Å². The van der Waals surface area contributed by atoms with Gasteiger partial charge >= 0.3 is 0 Å². The fraction of sp³-hybridized carbons (Fsp3) is 0. The van der Waals surface area contributed by atoms with Crippen LogP contribution in [0.2, 0.25) is 0 Å². The molecule has 0 aliphatic rings. The summed E-state index contributed by atoms with van der Waals surface area (Å²) in [5.74, 6) is 0. The summed E-state index contributed by atoms with van der Waals surface area (Å²) in [6, 6.07) is 70.8. The fourth-order valence-electron chi connectivity index (χ4n) is 10.0. The lowest BCUT2D eigenvalue weighted by atomic mass is 10.1. The van der Waals surface area contributed by atoms with Crippen molar-refractivity contribution < 1.29 is 0 Å². The highest BCUT2D eigenvalue weighted by atomic mass is 127. The number of para-hydroxylation sites is 14. The first-order chi connectivity index (χ1) is 39.5.